The maximum absolute atomic E-state index is 11.9. The first-order valence-corrected chi connectivity index (χ1v) is 6.26. The fourth-order valence-electron chi connectivity index (χ4n) is 2.62. The minimum atomic E-state index is -0.290. The van der Waals surface area contributed by atoms with Crippen molar-refractivity contribution >= 4 is 11.8 Å². The van der Waals surface area contributed by atoms with Gasteiger partial charge in [0.15, 0.2) is 0 Å². The van der Waals surface area contributed by atoms with E-state index in [4.69, 9.17) is 0 Å². The molecule has 90 valence electrons. The van der Waals surface area contributed by atoms with Gasteiger partial charge in [-0.15, -0.1) is 0 Å². The van der Waals surface area contributed by atoms with Gasteiger partial charge in [0.25, 0.3) is 0 Å². The minimum Gasteiger partial charge on any atom is -0.351 e. The van der Waals surface area contributed by atoms with Gasteiger partial charge >= 0.3 is 0 Å². The van der Waals surface area contributed by atoms with Crippen LogP contribution in [0, 0.1) is 5.92 Å². The van der Waals surface area contributed by atoms with E-state index in [1.807, 2.05) is 0 Å². The first kappa shape index (κ1) is 11.4. The SMILES string of the molecule is C[C@H]1CCCC[C@H]1NC(=O)[C@H]1CCC(=O)N1. The van der Waals surface area contributed by atoms with Crippen LogP contribution in [0.3, 0.4) is 0 Å². The van der Waals surface area contributed by atoms with E-state index >= 15 is 0 Å². The highest BCUT2D eigenvalue weighted by Crippen LogP contribution is 2.24. The highest BCUT2D eigenvalue weighted by atomic mass is 16.2. The summed E-state index contributed by atoms with van der Waals surface area (Å²) in [6.07, 6.45) is 5.87. The number of nitrogens with one attached hydrogen (secondary N) is 2. The maximum Gasteiger partial charge on any atom is 0.242 e. The van der Waals surface area contributed by atoms with Gasteiger partial charge in [-0.25, -0.2) is 0 Å². The van der Waals surface area contributed by atoms with Gasteiger partial charge in [-0.05, 0) is 25.2 Å². The molecule has 2 amide bonds. The Morgan fingerprint density at radius 3 is 2.69 bits per heavy atom. The van der Waals surface area contributed by atoms with Crippen molar-refractivity contribution < 1.29 is 9.59 Å². The summed E-state index contributed by atoms with van der Waals surface area (Å²) in [5.74, 6) is 0.566. The van der Waals surface area contributed by atoms with Crippen molar-refractivity contribution in [2.24, 2.45) is 5.92 Å². The van der Waals surface area contributed by atoms with Gasteiger partial charge in [0, 0.05) is 12.5 Å². The van der Waals surface area contributed by atoms with E-state index in [0.717, 1.165) is 6.42 Å². The summed E-state index contributed by atoms with van der Waals surface area (Å²) in [5, 5.41) is 5.78. The van der Waals surface area contributed by atoms with Gasteiger partial charge in [-0.1, -0.05) is 19.8 Å². The summed E-state index contributed by atoms with van der Waals surface area (Å²) >= 11 is 0. The van der Waals surface area contributed by atoms with Crippen LogP contribution < -0.4 is 10.6 Å². The average Bonchev–Trinajstić information content (AvgIpc) is 2.68. The van der Waals surface area contributed by atoms with Gasteiger partial charge in [-0.2, -0.15) is 0 Å². The Kier molecular flexibility index (Phi) is 3.46. The van der Waals surface area contributed by atoms with Crippen LogP contribution in [0.15, 0.2) is 0 Å². The van der Waals surface area contributed by atoms with Crippen LogP contribution in [0.2, 0.25) is 0 Å². The van der Waals surface area contributed by atoms with Gasteiger partial charge in [0.1, 0.15) is 6.04 Å². The Bertz CT molecular complexity index is 291. The van der Waals surface area contributed by atoms with E-state index in [9.17, 15) is 9.59 Å². The molecular formula is C12H20N2O2. The second kappa shape index (κ2) is 4.85. The quantitative estimate of drug-likeness (QED) is 0.734. The summed E-state index contributed by atoms with van der Waals surface area (Å²) in [6, 6.07) is 0.0142. The number of carbonyl (C=O) groups is 2. The zero-order chi connectivity index (χ0) is 11.5. The molecule has 0 spiro atoms. The molecule has 0 aromatic carbocycles. The summed E-state index contributed by atoms with van der Waals surface area (Å²) < 4.78 is 0. The third-order valence-electron chi connectivity index (χ3n) is 3.75. The normalized spacial score (nSPS) is 34.6. The molecule has 1 saturated heterocycles. The Labute approximate surface area is 96.2 Å². The average molecular weight is 224 g/mol. The molecule has 0 unspecified atom stereocenters. The maximum atomic E-state index is 11.9. The van der Waals surface area contributed by atoms with Crippen molar-refractivity contribution in [3.8, 4) is 0 Å². The van der Waals surface area contributed by atoms with Crippen LogP contribution in [0.4, 0.5) is 0 Å². The molecule has 0 radical (unpaired) electrons. The highest BCUT2D eigenvalue weighted by Gasteiger charge is 2.30. The molecule has 1 heterocycles. The standard InChI is InChI=1S/C12H20N2O2/c1-8-4-2-3-5-9(8)14-12(16)10-6-7-11(15)13-10/h8-10H,2-7H2,1H3,(H,13,15)(H,14,16)/t8-,9+,10+/m0/s1. The smallest absolute Gasteiger partial charge is 0.242 e. The van der Waals surface area contributed by atoms with Gasteiger partial charge in [-0.3, -0.25) is 9.59 Å². The van der Waals surface area contributed by atoms with Crippen LogP contribution in [0.1, 0.15) is 45.4 Å². The molecule has 2 N–H and O–H groups in total. The van der Waals surface area contributed by atoms with E-state index in [1.165, 1.54) is 19.3 Å². The molecule has 4 nitrogen and oxygen atoms in total. The molecule has 4 heteroatoms. The molecular weight excluding hydrogens is 204 g/mol. The third-order valence-corrected chi connectivity index (χ3v) is 3.75. The lowest BCUT2D eigenvalue weighted by Crippen LogP contribution is -2.48. The summed E-state index contributed by atoms with van der Waals surface area (Å²) in [4.78, 5) is 22.9. The summed E-state index contributed by atoms with van der Waals surface area (Å²) in [5.41, 5.74) is 0. The fourth-order valence-corrected chi connectivity index (χ4v) is 2.62. The number of rotatable bonds is 2. The molecule has 1 saturated carbocycles. The van der Waals surface area contributed by atoms with Crippen molar-refractivity contribution in [1.82, 2.24) is 10.6 Å². The Hall–Kier alpha value is -1.06. The summed E-state index contributed by atoms with van der Waals surface area (Å²) in [7, 11) is 0. The van der Waals surface area contributed by atoms with E-state index < -0.39 is 0 Å². The number of amides is 2. The predicted octanol–water partition coefficient (Wildman–Crippen LogP) is 0.960. The number of carbonyl (C=O) groups excluding carboxylic acids is 2. The molecule has 16 heavy (non-hydrogen) atoms. The molecule has 0 bridgehead atoms. The zero-order valence-electron chi connectivity index (χ0n) is 9.79. The lowest BCUT2D eigenvalue weighted by atomic mass is 9.86. The lowest BCUT2D eigenvalue weighted by molar-refractivity contribution is -0.126. The lowest BCUT2D eigenvalue weighted by Gasteiger charge is -2.30. The van der Waals surface area contributed by atoms with Gasteiger partial charge in [0.2, 0.25) is 11.8 Å². The van der Waals surface area contributed by atoms with Crippen molar-refractivity contribution in [2.75, 3.05) is 0 Å². The van der Waals surface area contributed by atoms with Crippen LogP contribution in [0.5, 0.6) is 0 Å². The molecule has 1 aliphatic heterocycles. The fraction of sp³-hybridized carbons (Fsp3) is 0.833. The van der Waals surface area contributed by atoms with Gasteiger partial charge < -0.3 is 10.6 Å². The van der Waals surface area contributed by atoms with Crippen molar-refractivity contribution in [3.05, 3.63) is 0 Å². The van der Waals surface area contributed by atoms with Crippen molar-refractivity contribution in [2.45, 2.75) is 57.5 Å². The van der Waals surface area contributed by atoms with Crippen LogP contribution in [-0.4, -0.2) is 23.9 Å². The highest BCUT2D eigenvalue weighted by molar-refractivity contribution is 5.90. The first-order valence-electron chi connectivity index (χ1n) is 6.26. The summed E-state index contributed by atoms with van der Waals surface area (Å²) in [6.45, 7) is 2.19. The van der Waals surface area contributed by atoms with E-state index in [1.54, 1.807) is 0 Å². The zero-order valence-corrected chi connectivity index (χ0v) is 9.79. The minimum absolute atomic E-state index is 0.00292. The van der Waals surface area contributed by atoms with Crippen molar-refractivity contribution in [1.29, 1.82) is 0 Å². The molecule has 3 atom stereocenters. The molecule has 2 fully saturated rings. The second-order valence-electron chi connectivity index (χ2n) is 5.04. The number of hydrogen-bond donors (Lipinski definition) is 2. The Morgan fingerprint density at radius 1 is 1.31 bits per heavy atom. The molecule has 0 aromatic heterocycles. The predicted molar refractivity (Wildman–Crippen MR) is 60.7 cm³/mol. The molecule has 2 aliphatic rings. The van der Waals surface area contributed by atoms with E-state index in [-0.39, 0.29) is 17.9 Å². The largest absolute Gasteiger partial charge is 0.351 e. The van der Waals surface area contributed by atoms with E-state index in [2.05, 4.69) is 17.6 Å². The van der Waals surface area contributed by atoms with Crippen LogP contribution >= 0.6 is 0 Å². The molecule has 2 rings (SSSR count). The topological polar surface area (TPSA) is 58.2 Å². The Balaban J connectivity index is 1.84. The van der Waals surface area contributed by atoms with Crippen molar-refractivity contribution in [3.63, 3.8) is 0 Å². The number of hydrogen-bond acceptors (Lipinski definition) is 2. The monoisotopic (exact) mass is 224 g/mol. The van der Waals surface area contributed by atoms with Crippen LogP contribution in [-0.2, 0) is 9.59 Å². The first-order chi connectivity index (χ1) is 7.66. The van der Waals surface area contributed by atoms with Gasteiger partial charge in [0.05, 0.1) is 0 Å². The molecule has 1 aliphatic carbocycles. The van der Waals surface area contributed by atoms with Crippen LogP contribution in [0.25, 0.3) is 0 Å². The second-order valence-corrected chi connectivity index (χ2v) is 5.04. The Morgan fingerprint density at radius 2 is 2.06 bits per heavy atom. The molecule has 0 aromatic rings. The third kappa shape index (κ3) is 2.54. The van der Waals surface area contributed by atoms with E-state index in [0.29, 0.717) is 24.8 Å².